The lowest BCUT2D eigenvalue weighted by Gasteiger charge is -2.60. The van der Waals surface area contributed by atoms with E-state index in [1.165, 1.54) is 11.6 Å². The largest absolute Gasteiger partial charge is 0.393 e. The monoisotopic (exact) mass is 498 g/mol. The Kier molecular flexibility index (Phi) is 5.18. The zero-order valence-electron chi connectivity index (χ0n) is 20.5. The number of carbonyl (C=O) groups is 1. The Bertz CT molecular complexity index is 1290. The molecule has 4 aliphatic rings. The molecule has 1 heterocycles. The quantitative estimate of drug-likeness (QED) is 0.601. The molecule has 0 bridgehead atoms. The molecule has 36 heavy (non-hydrogen) atoms. The van der Waals surface area contributed by atoms with Crippen molar-refractivity contribution in [1.82, 2.24) is 9.78 Å². The average Bonchev–Trinajstić information content (AvgIpc) is 3.36. The van der Waals surface area contributed by atoms with Crippen LogP contribution in [0.1, 0.15) is 57.2 Å². The Balaban J connectivity index is 1.37. The lowest BCUT2D eigenvalue weighted by Crippen LogP contribution is -2.62. The Morgan fingerprint density at radius 1 is 1.22 bits per heavy atom. The second-order valence-corrected chi connectivity index (χ2v) is 11.8. The molecule has 2 aromatic rings. The summed E-state index contributed by atoms with van der Waals surface area (Å²) in [7, 11) is 0. The number of aromatic nitrogens is 2. The lowest BCUT2D eigenvalue weighted by atomic mass is 9.45. The van der Waals surface area contributed by atoms with Gasteiger partial charge in [-0.25, -0.2) is 13.5 Å². The number of ketones is 1. The van der Waals surface area contributed by atoms with Crippen molar-refractivity contribution in [2.75, 3.05) is 6.61 Å². The number of allylic oxidation sites excluding steroid dienone is 1. The normalized spacial score (nSPS) is 39.0. The predicted molar refractivity (Wildman–Crippen MR) is 128 cm³/mol. The maximum Gasteiger partial charge on any atom is 0.190 e. The van der Waals surface area contributed by atoms with Gasteiger partial charge in [0.1, 0.15) is 12.2 Å². The smallest absolute Gasteiger partial charge is 0.190 e. The SMILES string of the molecule is C[C@]12Cc3cnn(-c4ccc(F)c(F)c4)c3C=C1CC[C@@H]1[C@@H]2[C@@H](O)C[C@@]2(C)[C@H]1CC[C@]2(O)C(=O)CO. The van der Waals surface area contributed by atoms with Crippen molar-refractivity contribution in [3.63, 3.8) is 0 Å². The summed E-state index contributed by atoms with van der Waals surface area (Å²) >= 11 is 0. The van der Waals surface area contributed by atoms with Crippen molar-refractivity contribution in [3.8, 4) is 5.69 Å². The first kappa shape index (κ1) is 23.9. The molecule has 0 saturated heterocycles. The fourth-order valence-electron chi connectivity index (χ4n) is 8.60. The Morgan fingerprint density at radius 2 is 2.00 bits per heavy atom. The molecule has 4 aliphatic carbocycles. The van der Waals surface area contributed by atoms with Gasteiger partial charge in [-0.1, -0.05) is 19.4 Å². The van der Waals surface area contributed by atoms with Crippen molar-refractivity contribution in [2.24, 2.45) is 28.6 Å². The number of hydrogen-bond donors (Lipinski definition) is 3. The van der Waals surface area contributed by atoms with E-state index in [0.717, 1.165) is 36.2 Å². The second kappa shape index (κ2) is 7.79. The molecule has 0 amide bonds. The van der Waals surface area contributed by atoms with Crippen LogP contribution in [-0.2, 0) is 11.2 Å². The molecule has 0 unspecified atom stereocenters. The van der Waals surface area contributed by atoms with Crippen LogP contribution >= 0.6 is 0 Å². The number of aliphatic hydroxyl groups excluding tert-OH is 2. The molecule has 1 aromatic heterocycles. The summed E-state index contributed by atoms with van der Waals surface area (Å²) in [5, 5.41) is 37.0. The van der Waals surface area contributed by atoms with E-state index >= 15 is 0 Å². The van der Waals surface area contributed by atoms with Gasteiger partial charge in [-0.15, -0.1) is 0 Å². The van der Waals surface area contributed by atoms with Crippen LogP contribution in [-0.4, -0.2) is 49.2 Å². The third-order valence-electron chi connectivity index (χ3n) is 10.3. The number of Topliss-reactive ketones (excluding diaryl/α,β-unsaturated/α-hetero) is 1. The summed E-state index contributed by atoms with van der Waals surface area (Å²) in [6, 6.07) is 3.76. The Morgan fingerprint density at radius 3 is 2.72 bits per heavy atom. The van der Waals surface area contributed by atoms with Crippen LogP contribution in [0.4, 0.5) is 8.78 Å². The van der Waals surface area contributed by atoms with Gasteiger partial charge in [0.05, 0.1) is 23.7 Å². The maximum absolute atomic E-state index is 13.9. The lowest BCUT2D eigenvalue weighted by molar-refractivity contribution is -0.181. The Labute approximate surface area is 208 Å². The summed E-state index contributed by atoms with van der Waals surface area (Å²) in [6.45, 7) is 3.41. The first-order chi connectivity index (χ1) is 17.0. The third kappa shape index (κ3) is 2.98. The van der Waals surface area contributed by atoms with Crippen molar-refractivity contribution in [3.05, 3.63) is 52.9 Å². The van der Waals surface area contributed by atoms with Crippen molar-refractivity contribution in [2.45, 2.75) is 64.1 Å². The number of carbonyl (C=O) groups excluding carboxylic acids is 1. The van der Waals surface area contributed by atoms with E-state index in [1.807, 2.05) is 6.92 Å². The van der Waals surface area contributed by atoms with Crippen LogP contribution in [0.15, 0.2) is 30.0 Å². The van der Waals surface area contributed by atoms with Gasteiger partial charge in [-0.05, 0) is 85.5 Å². The molecule has 0 aliphatic heterocycles. The minimum absolute atomic E-state index is 0.0399. The molecule has 0 radical (unpaired) electrons. The van der Waals surface area contributed by atoms with Gasteiger partial charge >= 0.3 is 0 Å². The minimum atomic E-state index is -1.61. The molecule has 192 valence electrons. The fraction of sp³-hybridized carbons (Fsp3) is 0.571. The third-order valence-corrected chi connectivity index (χ3v) is 10.3. The molecule has 3 fully saturated rings. The van der Waals surface area contributed by atoms with Crippen LogP contribution in [0.25, 0.3) is 11.8 Å². The molecule has 7 atom stereocenters. The van der Waals surface area contributed by atoms with Gasteiger partial charge in [0, 0.05) is 11.5 Å². The number of halogens is 2. The van der Waals surface area contributed by atoms with E-state index in [0.29, 0.717) is 31.4 Å². The van der Waals surface area contributed by atoms with E-state index in [-0.39, 0.29) is 23.2 Å². The molecule has 6 rings (SSSR count). The molecule has 3 N–H and O–H groups in total. The number of hydrogen-bond acceptors (Lipinski definition) is 5. The molecule has 1 aromatic carbocycles. The van der Waals surface area contributed by atoms with E-state index in [1.54, 1.807) is 10.9 Å². The van der Waals surface area contributed by atoms with Gasteiger partial charge in [-0.3, -0.25) is 4.79 Å². The number of nitrogens with zero attached hydrogens (tertiary/aromatic N) is 2. The van der Waals surface area contributed by atoms with Gasteiger partial charge < -0.3 is 15.3 Å². The molecule has 3 saturated carbocycles. The molecular weight excluding hydrogens is 466 g/mol. The van der Waals surface area contributed by atoms with E-state index in [4.69, 9.17) is 0 Å². The highest BCUT2D eigenvalue weighted by molar-refractivity contribution is 5.89. The summed E-state index contributed by atoms with van der Waals surface area (Å²) in [5.74, 6) is -2.19. The second-order valence-electron chi connectivity index (χ2n) is 11.8. The van der Waals surface area contributed by atoms with Crippen LogP contribution in [0.2, 0.25) is 0 Å². The first-order valence-corrected chi connectivity index (χ1v) is 12.8. The van der Waals surface area contributed by atoms with Crippen LogP contribution < -0.4 is 0 Å². The predicted octanol–water partition coefficient (Wildman–Crippen LogP) is 3.60. The number of aliphatic hydroxyl groups is 3. The highest BCUT2D eigenvalue weighted by Crippen LogP contribution is 2.67. The zero-order chi connectivity index (χ0) is 25.6. The van der Waals surface area contributed by atoms with Gasteiger partial charge in [0.2, 0.25) is 0 Å². The van der Waals surface area contributed by atoms with E-state index in [2.05, 4.69) is 18.1 Å². The maximum atomic E-state index is 13.9. The molecular formula is C28H32F2N2O4. The van der Waals surface area contributed by atoms with Crippen LogP contribution in [0, 0.1) is 40.2 Å². The number of benzene rings is 1. The van der Waals surface area contributed by atoms with Crippen molar-refractivity contribution in [1.29, 1.82) is 0 Å². The number of rotatable bonds is 3. The summed E-state index contributed by atoms with van der Waals surface area (Å²) in [4.78, 5) is 12.6. The molecule has 0 spiro atoms. The van der Waals surface area contributed by atoms with E-state index < -0.39 is 41.1 Å². The molecule has 6 nitrogen and oxygen atoms in total. The summed E-state index contributed by atoms with van der Waals surface area (Å²) < 4.78 is 29.0. The van der Waals surface area contributed by atoms with Crippen molar-refractivity contribution >= 4 is 11.9 Å². The average molecular weight is 499 g/mol. The first-order valence-electron chi connectivity index (χ1n) is 12.8. The molecule has 8 heteroatoms. The minimum Gasteiger partial charge on any atom is -0.393 e. The Hall–Kier alpha value is -2.42. The highest BCUT2D eigenvalue weighted by Gasteiger charge is 2.68. The zero-order valence-corrected chi connectivity index (χ0v) is 20.5. The van der Waals surface area contributed by atoms with Gasteiger partial charge in [-0.2, -0.15) is 5.10 Å². The highest BCUT2D eigenvalue weighted by atomic mass is 19.2. The van der Waals surface area contributed by atoms with E-state index in [9.17, 15) is 28.9 Å². The van der Waals surface area contributed by atoms with Crippen LogP contribution in [0.3, 0.4) is 0 Å². The number of fused-ring (bicyclic) bond motifs is 6. The standard InChI is InChI=1S/C28H32F2N2O4/c1-26-11-15-13-31-32(17-4-6-20(29)21(30)10-17)22(15)9-16(26)3-5-18-19-7-8-28(36,24(35)14-33)27(19,2)12-23(34)25(18)26/h4,6,9-10,13,18-19,23,25,33-34,36H,3,5,7-8,11-12,14H2,1-2H3/t18-,19-,23-,25+,26-,27-,28-/m0/s1. The van der Waals surface area contributed by atoms with Crippen molar-refractivity contribution < 1.29 is 28.9 Å². The summed E-state index contributed by atoms with van der Waals surface area (Å²) in [5.41, 5.74) is 0.805. The topological polar surface area (TPSA) is 95.6 Å². The van der Waals surface area contributed by atoms with Gasteiger partial charge in [0.25, 0.3) is 0 Å². The van der Waals surface area contributed by atoms with Crippen LogP contribution in [0.5, 0.6) is 0 Å². The fourth-order valence-corrected chi connectivity index (χ4v) is 8.60. The summed E-state index contributed by atoms with van der Waals surface area (Å²) in [6.07, 6.45) is 6.80. The van der Waals surface area contributed by atoms with Gasteiger partial charge in [0.15, 0.2) is 17.4 Å².